The van der Waals surface area contributed by atoms with Gasteiger partial charge in [0.1, 0.15) is 5.69 Å². The summed E-state index contributed by atoms with van der Waals surface area (Å²) in [6, 6.07) is 15.3. The molecule has 0 amide bonds. The quantitative estimate of drug-likeness (QED) is 0.669. The number of alkyl halides is 3. The molecule has 3 aromatic rings. The number of rotatable bonds is 3. The third-order valence-electron chi connectivity index (χ3n) is 5.59. The molecule has 3 heterocycles. The summed E-state index contributed by atoms with van der Waals surface area (Å²) >= 11 is 0. The predicted molar refractivity (Wildman–Crippen MR) is 99.8 cm³/mol. The summed E-state index contributed by atoms with van der Waals surface area (Å²) in [6.07, 6.45) is -4.32. The van der Waals surface area contributed by atoms with Crippen LogP contribution in [0.2, 0.25) is 0 Å². The molecule has 0 aliphatic carbocycles. The molecule has 0 N–H and O–H groups in total. The smallest absolute Gasteiger partial charge is 0.368 e. The van der Waals surface area contributed by atoms with Crippen molar-refractivity contribution in [3.8, 4) is 11.3 Å². The minimum Gasteiger partial charge on any atom is -0.368 e. The fourth-order valence-corrected chi connectivity index (χ4v) is 4.14. The molecule has 1 saturated heterocycles. The van der Waals surface area contributed by atoms with E-state index in [4.69, 9.17) is 4.74 Å². The zero-order chi connectivity index (χ0) is 20.0. The van der Waals surface area contributed by atoms with Gasteiger partial charge in [0.15, 0.2) is 0 Å². The van der Waals surface area contributed by atoms with E-state index in [1.807, 2.05) is 22.9 Å². The van der Waals surface area contributed by atoms with E-state index in [0.717, 1.165) is 37.5 Å². The summed E-state index contributed by atoms with van der Waals surface area (Å²) < 4.78 is 46.4. The highest BCUT2D eigenvalue weighted by atomic mass is 19.4. The number of fused-ring (bicyclic) bond motifs is 3. The topological polar surface area (TPSA) is 43.2 Å². The summed E-state index contributed by atoms with van der Waals surface area (Å²) in [5.41, 5.74) is 2.58. The molecule has 2 atom stereocenters. The van der Waals surface area contributed by atoms with Crippen LogP contribution in [-0.4, -0.2) is 39.1 Å². The zero-order valence-electron chi connectivity index (χ0n) is 15.5. The van der Waals surface area contributed by atoms with Crippen LogP contribution in [-0.2, 0) is 24.1 Å². The van der Waals surface area contributed by atoms with Crippen molar-refractivity contribution >= 4 is 0 Å². The van der Waals surface area contributed by atoms with Crippen LogP contribution in [0.5, 0.6) is 0 Å². The molecular formula is C21H19F3N4O. The van der Waals surface area contributed by atoms with Crippen LogP contribution >= 0.6 is 0 Å². The maximum absolute atomic E-state index is 12.8. The molecule has 150 valence electrons. The molecule has 1 aromatic heterocycles. The van der Waals surface area contributed by atoms with E-state index in [1.165, 1.54) is 17.7 Å². The molecule has 1 fully saturated rings. The third kappa shape index (κ3) is 3.42. The Labute approximate surface area is 165 Å². The van der Waals surface area contributed by atoms with Crippen LogP contribution in [0, 0.1) is 0 Å². The fourth-order valence-electron chi connectivity index (χ4n) is 4.14. The number of benzene rings is 2. The number of likely N-dealkylation sites (tertiary alicyclic amines) is 1. The normalized spacial score (nSPS) is 21.8. The van der Waals surface area contributed by atoms with E-state index in [1.54, 1.807) is 0 Å². The Balaban J connectivity index is 1.37. The van der Waals surface area contributed by atoms with Crippen molar-refractivity contribution in [3.05, 3.63) is 71.4 Å². The number of ether oxygens (including phenoxy) is 1. The van der Waals surface area contributed by atoms with Crippen LogP contribution < -0.4 is 0 Å². The molecule has 0 bridgehead atoms. The molecular weight excluding hydrogens is 381 g/mol. The van der Waals surface area contributed by atoms with E-state index in [2.05, 4.69) is 27.3 Å². The molecule has 8 heteroatoms. The summed E-state index contributed by atoms with van der Waals surface area (Å²) in [5.74, 6) is 0. The number of aromatic nitrogens is 3. The van der Waals surface area contributed by atoms with Gasteiger partial charge in [0.25, 0.3) is 0 Å². The number of halogens is 3. The minimum atomic E-state index is -4.35. The lowest BCUT2D eigenvalue weighted by atomic mass is 10.1. The predicted octanol–water partition coefficient (Wildman–Crippen LogP) is 3.92. The van der Waals surface area contributed by atoms with Crippen molar-refractivity contribution in [2.75, 3.05) is 13.1 Å². The second-order valence-electron chi connectivity index (χ2n) is 7.50. The van der Waals surface area contributed by atoms with Gasteiger partial charge in [-0.05, 0) is 17.7 Å². The average molecular weight is 400 g/mol. The highest BCUT2D eigenvalue weighted by Gasteiger charge is 2.40. The van der Waals surface area contributed by atoms with Gasteiger partial charge in [0, 0.05) is 25.2 Å². The molecule has 2 aliphatic rings. The van der Waals surface area contributed by atoms with Crippen molar-refractivity contribution in [1.29, 1.82) is 0 Å². The van der Waals surface area contributed by atoms with E-state index in [-0.39, 0.29) is 12.1 Å². The van der Waals surface area contributed by atoms with Crippen LogP contribution in [0.25, 0.3) is 11.3 Å². The van der Waals surface area contributed by atoms with Gasteiger partial charge in [0.2, 0.25) is 0 Å². The Hall–Kier alpha value is -2.71. The highest BCUT2D eigenvalue weighted by molar-refractivity contribution is 5.62. The molecule has 2 aromatic carbocycles. The van der Waals surface area contributed by atoms with Gasteiger partial charge in [-0.3, -0.25) is 4.90 Å². The SMILES string of the molecule is FC(F)(F)c1ccc(-c2nnn3c2CO[C@H]2CN(Cc4ccccc4)C[C@@H]23)cc1. The standard InChI is InChI=1S/C21H19F3N4O/c22-21(23,24)16-8-6-15(7-9-16)20-18-13-29-19-12-27(10-14-4-2-1-3-5-14)11-17(19)28(18)26-25-20/h1-9,17,19H,10-13H2/t17-,19-/m0/s1. The number of nitrogens with zero attached hydrogens (tertiary/aromatic N) is 4. The monoisotopic (exact) mass is 400 g/mol. The molecule has 0 saturated carbocycles. The molecule has 5 rings (SSSR count). The van der Waals surface area contributed by atoms with Gasteiger partial charge in [-0.25, -0.2) is 4.68 Å². The Morgan fingerprint density at radius 1 is 1.00 bits per heavy atom. The van der Waals surface area contributed by atoms with Crippen LogP contribution in [0.4, 0.5) is 13.2 Å². The molecule has 0 unspecified atom stereocenters. The van der Waals surface area contributed by atoms with E-state index < -0.39 is 11.7 Å². The molecule has 0 radical (unpaired) electrons. The molecule has 5 nitrogen and oxygen atoms in total. The van der Waals surface area contributed by atoms with Crippen molar-refractivity contribution < 1.29 is 17.9 Å². The second-order valence-corrected chi connectivity index (χ2v) is 7.50. The zero-order valence-corrected chi connectivity index (χ0v) is 15.5. The van der Waals surface area contributed by atoms with E-state index >= 15 is 0 Å². The van der Waals surface area contributed by atoms with Gasteiger partial charge < -0.3 is 4.74 Å². The lowest BCUT2D eigenvalue weighted by molar-refractivity contribution is -0.137. The summed E-state index contributed by atoms with van der Waals surface area (Å²) in [7, 11) is 0. The molecule has 0 spiro atoms. The van der Waals surface area contributed by atoms with Crippen molar-refractivity contribution in [2.24, 2.45) is 0 Å². The summed E-state index contributed by atoms with van der Waals surface area (Å²) in [4.78, 5) is 2.33. The average Bonchev–Trinajstić information content (AvgIpc) is 3.31. The minimum absolute atomic E-state index is 0.0355. The Kier molecular flexibility index (Phi) is 4.40. The largest absolute Gasteiger partial charge is 0.416 e. The fraction of sp³-hybridized carbons (Fsp3) is 0.333. The van der Waals surface area contributed by atoms with Crippen molar-refractivity contribution in [1.82, 2.24) is 19.9 Å². The lowest BCUT2D eigenvalue weighted by Crippen LogP contribution is -2.32. The first-order chi connectivity index (χ1) is 14.0. The maximum atomic E-state index is 12.8. The van der Waals surface area contributed by atoms with Gasteiger partial charge in [0.05, 0.1) is 30.0 Å². The summed E-state index contributed by atoms with van der Waals surface area (Å²) in [6.45, 7) is 2.80. The van der Waals surface area contributed by atoms with Crippen molar-refractivity contribution in [3.63, 3.8) is 0 Å². The van der Waals surface area contributed by atoms with Gasteiger partial charge in [-0.1, -0.05) is 47.7 Å². The first kappa shape index (κ1) is 18.3. The van der Waals surface area contributed by atoms with Gasteiger partial charge in [-0.15, -0.1) is 5.10 Å². The van der Waals surface area contributed by atoms with Gasteiger partial charge >= 0.3 is 6.18 Å². The highest BCUT2D eigenvalue weighted by Crippen LogP contribution is 2.36. The van der Waals surface area contributed by atoms with E-state index in [9.17, 15) is 13.2 Å². The lowest BCUT2D eigenvalue weighted by Gasteiger charge is -2.26. The second kappa shape index (κ2) is 6.96. The Bertz CT molecular complexity index is 1000. The molecule has 29 heavy (non-hydrogen) atoms. The van der Waals surface area contributed by atoms with E-state index in [0.29, 0.717) is 17.9 Å². The third-order valence-corrected chi connectivity index (χ3v) is 5.59. The Morgan fingerprint density at radius 3 is 2.48 bits per heavy atom. The van der Waals surface area contributed by atoms with Crippen LogP contribution in [0.3, 0.4) is 0 Å². The molecule has 2 aliphatic heterocycles. The number of hydrogen-bond acceptors (Lipinski definition) is 4. The van der Waals surface area contributed by atoms with Crippen LogP contribution in [0.15, 0.2) is 54.6 Å². The maximum Gasteiger partial charge on any atom is 0.416 e. The number of hydrogen-bond donors (Lipinski definition) is 0. The van der Waals surface area contributed by atoms with Gasteiger partial charge in [-0.2, -0.15) is 13.2 Å². The Morgan fingerprint density at radius 2 is 1.76 bits per heavy atom. The van der Waals surface area contributed by atoms with Crippen LogP contribution in [0.1, 0.15) is 22.9 Å². The summed E-state index contributed by atoms with van der Waals surface area (Å²) in [5, 5.41) is 8.59. The van der Waals surface area contributed by atoms with Crippen molar-refractivity contribution in [2.45, 2.75) is 31.5 Å². The first-order valence-corrected chi connectivity index (χ1v) is 9.48. The first-order valence-electron chi connectivity index (χ1n) is 9.48.